The molecule has 0 aliphatic rings. The van der Waals surface area contributed by atoms with Crippen molar-refractivity contribution in [2.75, 3.05) is 5.32 Å². The summed E-state index contributed by atoms with van der Waals surface area (Å²) in [6.45, 7) is 0. The molecule has 108 valence electrons. The van der Waals surface area contributed by atoms with Crippen molar-refractivity contribution >= 4 is 17.5 Å². The summed E-state index contributed by atoms with van der Waals surface area (Å²) < 4.78 is 0. The van der Waals surface area contributed by atoms with Crippen LogP contribution in [0.1, 0.15) is 6.42 Å². The number of nitrogens with two attached hydrogens (primary N) is 2. The van der Waals surface area contributed by atoms with Crippen LogP contribution in [-0.2, 0) is 9.59 Å². The zero-order chi connectivity index (χ0) is 15.2. The molecule has 0 aliphatic carbocycles. The average molecular weight is 285 g/mol. The van der Waals surface area contributed by atoms with Crippen molar-refractivity contribution in [1.82, 2.24) is 9.97 Å². The fraction of sp³-hybridized carbons (Fsp3) is 0.143. The number of nitrogens with zero attached hydrogens (tertiary/aromatic N) is 2. The van der Waals surface area contributed by atoms with Crippen LogP contribution in [0.15, 0.2) is 42.7 Å². The van der Waals surface area contributed by atoms with E-state index in [1.807, 2.05) is 30.3 Å². The maximum absolute atomic E-state index is 11.7. The lowest BCUT2D eigenvalue weighted by Gasteiger charge is -2.10. The molecule has 1 atom stereocenters. The first kappa shape index (κ1) is 14.6. The topological polar surface area (TPSA) is 124 Å². The maximum Gasteiger partial charge on any atom is 0.241 e. The fourth-order valence-electron chi connectivity index (χ4n) is 1.67. The van der Waals surface area contributed by atoms with Crippen LogP contribution in [0.25, 0.3) is 11.4 Å². The van der Waals surface area contributed by atoms with Crippen LogP contribution < -0.4 is 16.8 Å². The van der Waals surface area contributed by atoms with E-state index in [1.165, 1.54) is 12.4 Å². The largest absolute Gasteiger partial charge is 0.370 e. The molecule has 21 heavy (non-hydrogen) atoms. The predicted molar refractivity (Wildman–Crippen MR) is 77.9 cm³/mol. The smallest absolute Gasteiger partial charge is 0.241 e. The number of hydrogen-bond acceptors (Lipinski definition) is 5. The van der Waals surface area contributed by atoms with E-state index in [-0.39, 0.29) is 6.42 Å². The number of carbonyl (C=O) groups excluding carboxylic acids is 2. The molecule has 1 unspecified atom stereocenters. The second kappa shape index (κ2) is 6.58. The first-order chi connectivity index (χ1) is 10.1. The van der Waals surface area contributed by atoms with Crippen molar-refractivity contribution in [1.29, 1.82) is 0 Å². The molecule has 1 heterocycles. The molecule has 1 aromatic heterocycles. The van der Waals surface area contributed by atoms with Crippen LogP contribution in [0.3, 0.4) is 0 Å². The third-order valence-corrected chi connectivity index (χ3v) is 2.71. The van der Waals surface area contributed by atoms with Crippen molar-refractivity contribution in [3.8, 4) is 11.4 Å². The van der Waals surface area contributed by atoms with Gasteiger partial charge in [-0.15, -0.1) is 0 Å². The molecule has 0 radical (unpaired) electrons. The van der Waals surface area contributed by atoms with E-state index in [4.69, 9.17) is 11.5 Å². The van der Waals surface area contributed by atoms with E-state index in [0.29, 0.717) is 11.5 Å². The van der Waals surface area contributed by atoms with E-state index < -0.39 is 17.9 Å². The second-order valence-corrected chi connectivity index (χ2v) is 4.43. The summed E-state index contributed by atoms with van der Waals surface area (Å²) in [5.74, 6) is -0.590. The van der Waals surface area contributed by atoms with Crippen LogP contribution in [0, 0.1) is 0 Å². The Morgan fingerprint density at radius 1 is 1.14 bits per heavy atom. The van der Waals surface area contributed by atoms with Crippen LogP contribution in [0.5, 0.6) is 0 Å². The zero-order valence-corrected chi connectivity index (χ0v) is 11.2. The highest BCUT2D eigenvalue weighted by Crippen LogP contribution is 2.14. The number of primary amides is 1. The Morgan fingerprint density at radius 2 is 1.76 bits per heavy atom. The van der Waals surface area contributed by atoms with Gasteiger partial charge in [-0.25, -0.2) is 9.97 Å². The number of hydrogen-bond donors (Lipinski definition) is 3. The summed E-state index contributed by atoms with van der Waals surface area (Å²) in [5, 5.41) is 2.53. The van der Waals surface area contributed by atoms with Crippen LogP contribution in [-0.4, -0.2) is 27.8 Å². The molecule has 2 rings (SSSR count). The van der Waals surface area contributed by atoms with Gasteiger partial charge in [-0.3, -0.25) is 9.59 Å². The van der Waals surface area contributed by atoms with E-state index in [2.05, 4.69) is 15.3 Å². The highest BCUT2D eigenvalue weighted by molar-refractivity contribution is 5.97. The minimum Gasteiger partial charge on any atom is -0.370 e. The average Bonchev–Trinajstić information content (AvgIpc) is 2.48. The maximum atomic E-state index is 11.7. The third-order valence-electron chi connectivity index (χ3n) is 2.71. The molecule has 7 heteroatoms. The van der Waals surface area contributed by atoms with Crippen molar-refractivity contribution in [2.24, 2.45) is 11.5 Å². The number of amides is 2. The fourth-order valence-corrected chi connectivity index (χ4v) is 1.67. The second-order valence-electron chi connectivity index (χ2n) is 4.43. The number of rotatable bonds is 5. The lowest BCUT2D eigenvalue weighted by atomic mass is 10.2. The molecule has 0 aliphatic heterocycles. The highest BCUT2D eigenvalue weighted by Gasteiger charge is 2.16. The Labute approximate surface area is 121 Å². The molecule has 2 aromatic rings. The third kappa shape index (κ3) is 4.08. The molecule has 0 spiro atoms. The minimum absolute atomic E-state index is 0.214. The first-order valence-electron chi connectivity index (χ1n) is 6.28. The summed E-state index contributed by atoms with van der Waals surface area (Å²) in [4.78, 5) is 30.7. The van der Waals surface area contributed by atoms with Gasteiger partial charge < -0.3 is 16.8 Å². The van der Waals surface area contributed by atoms with Crippen LogP contribution in [0.4, 0.5) is 5.69 Å². The lowest BCUT2D eigenvalue weighted by Crippen LogP contribution is -2.39. The quantitative estimate of drug-likeness (QED) is 0.728. The number of aromatic nitrogens is 2. The van der Waals surface area contributed by atoms with Gasteiger partial charge >= 0.3 is 0 Å². The highest BCUT2D eigenvalue weighted by atomic mass is 16.2. The summed E-state index contributed by atoms with van der Waals surface area (Å²) >= 11 is 0. The Morgan fingerprint density at radius 3 is 2.33 bits per heavy atom. The molecule has 1 aromatic carbocycles. The molecule has 0 fully saturated rings. The Balaban J connectivity index is 2.03. The van der Waals surface area contributed by atoms with Crippen molar-refractivity contribution in [3.63, 3.8) is 0 Å². The molecular weight excluding hydrogens is 270 g/mol. The predicted octanol–water partition coefficient (Wildman–Crippen LogP) is 0.285. The van der Waals surface area contributed by atoms with Crippen LogP contribution >= 0.6 is 0 Å². The molecule has 5 N–H and O–H groups in total. The van der Waals surface area contributed by atoms with Gasteiger partial charge in [-0.1, -0.05) is 30.3 Å². The van der Waals surface area contributed by atoms with Crippen LogP contribution in [0.2, 0.25) is 0 Å². The summed E-state index contributed by atoms with van der Waals surface area (Å²) in [6.07, 6.45) is 2.74. The van der Waals surface area contributed by atoms with Gasteiger partial charge in [-0.05, 0) is 0 Å². The van der Waals surface area contributed by atoms with E-state index in [0.717, 1.165) is 5.56 Å². The lowest BCUT2D eigenvalue weighted by molar-refractivity contribution is -0.123. The van der Waals surface area contributed by atoms with Gasteiger partial charge in [0.05, 0.1) is 30.5 Å². The van der Waals surface area contributed by atoms with E-state index in [1.54, 1.807) is 0 Å². The molecule has 0 bridgehead atoms. The SMILES string of the molecule is NC(=O)CC(N)C(=O)Nc1cnc(-c2ccccc2)nc1. The van der Waals surface area contributed by atoms with Crippen molar-refractivity contribution in [3.05, 3.63) is 42.7 Å². The van der Waals surface area contributed by atoms with Crippen molar-refractivity contribution < 1.29 is 9.59 Å². The normalized spacial score (nSPS) is 11.7. The van der Waals surface area contributed by atoms with E-state index >= 15 is 0 Å². The Bertz CT molecular complexity index is 628. The van der Waals surface area contributed by atoms with E-state index in [9.17, 15) is 9.59 Å². The minimum atomic E-state index is -0.990. The van der Waals surface area contributed by atoms with Gasteiger partial charge in [0, 0.05) is 5.56 Å². The first-order valence-corrected chi connectivity index (χ1v) is 6.28. The standard InChI is InChI=1S/C14H15N5O2/c15-11(6-12(16)20)14(21)19-10-7-17-13(18-8-10)9-4-2-1-3-5-9/h1-5,7-8,11H,6,15H2,(H2,16,20)(H,19,21). The number of anilines is 1. The van der Waals surface area contributed by atoms with Gasteiger partial charge in [0.25, 0.3) is 0 Å². The number of carbonyl (C=O) groups is 2. The summed E-state index contributed by atoms with van der Waals surface area (Å²) in [6, 6.07) is 8.45. The van der Waals surface area contributed by atoms with Gasteiger partial charge in [0.15, 0.2) is 5.82 Å². The number of nitrogens with one attached hydrogen (secondary N) is 1. The Hall–Kier alpha value is -2.80. The zero-order valence-electron chi connectivity index (χ0n) is 11.2. The summed E-state index contributed by atoms with van der Waals surface area (Å²) in [7, 11) is 0. The molecule has 0 saturated carbocycles. The Kier molecular flexibility index (Phi) is 4.57. The molecule has 0 saturated heterocycles. The summed E-state index contributed by atoms with van der Waals surface area (Å²) in [5.41, 5.74) is 11.8. The number of benzene rings is 1. The monoisotopic (exact) mass is 285 g/mol. The van der Waals surface area contributed by atoms with Gasteiger partial charge in [0.2, 0.25) is 11.8 Å². The molecular formula is C14H15N5O2. The van der Waals surface area contributed by atoms with Gasteiger partial charge in [-0.2, -0.15) is 0 Å². The van der Waals surface area contributed by atoms with Gasteiger partial charge in [0.1, 0.15) is 0 Å². The van der Waals surface area contributed by atoms with Crippen molar-refractivity contribution in [2.45, 2.75) is 12.5 Å². The molecule has 2 amide bonds. The molecule has 7 nitrogen and oxygen atoms in total.